The van der Waals surface area contributed by atoms with Gasteiger partial charge in [-0.1, -0.05) is 12.1 Å². The largest absolute Gasteiger partial charge is 0.497 e. The Kier molecular flexibility index (Phi) is 6.78. The van der Waals surface area contributed by atoms with E-state index in [4.69, 9.17) is 10.6 Å². The number of amides is 3. The van der Waals surface area contributed by atoms with Gasteiger partial charge in [0, 0.05) is 35.3 Å². The number of hydrogen-bond acceptors (Lipinski definition) is 5. The van der Waals surface area contributed by atoms with Crippen LogP contribution in [-0.4, -0.2) is 48.0 Å². The Bertz CT molecular complexity index is 811. The summed E-state index contributed by atoms with van der Waals surface area (Å²) in [6.07, 6.45) is 0.835. The van der Waals surface area contributed by atoms with E-state index in [1.165, 1.54) is 0 Å². The minimum Gasteiger partial charge on any atom is -0.497 e. The van der Waals surface area contributed by atoms with Gasteiger partial charge in [0.25, 0.3) is 5.91 Å². The van der Waals surface area contributed by atoms with Crippen LogP contribution in [0.2, 0.25) is 0 Å². The molecule has 7 nitrogen and oxygen atoms in total. The van der Waals surface area contributed by atoms with Crippen molar-refractivity contribution >= 4 is 29.4 Å². The van der Waals surface area contributed by atoms with Crippen LogP contribution in [0.1, 0.15) is 15.9 Å². The van der Waals surface area contributed by atoms with Crippen LogP contribution in [0.15, 0.2) is 48.5 Å². The van der Waals surface area contributed by atoms with Crippen molar-refractivity contribution in [3.8, 4) is 5.75 Å². The number of rotatable bonds is 5. The fourth-order valence-electron chi connectivity index (χ4n) is 3.04. The maximum absolute atomic E-state index is 12.6. The number of hydrazine groups is 1. The van der Waals surface area contributed by atoms with Crippen molar-refractivity contribution in [2.45, 2.75) is 11.7 Å². The van der Waals surface area contributed by atoms with Crippen molar-refractivity contribution in [3.63, 3.8) is 0 Å². The fourth-order valence-corrected chi connectivity index (χ4v) is 4.30. The second-order valence-corrected chi connectivity index (χ2v) is 7.88. The Morgan fingerprint density at radius 2 is 1.89 bits per heavy atom. The first kappa shape index (κ1) is 20.0. The Morgan fingerprint density at radius 3 is 2.54 bits per heavy atom. The van der Waals surface area contributed by atoms with E-state index < -0.39 is 0 Å². The number of benzene rings is 2. The molecular weight excluding hydrogens is 376 g/mol. The van der Waals surface area contributed by atoms with Gasteiger partial charge in [0.15, 0.2) is 0 Å². The molecular formula is C20H24N4O3S. The maximum Gasteiger partial charge on any atom is 0.321 e. The second-order valence-electron chi connectivity index (χ2n) is 6.47. The van der Waals surface area contributed by atoms with Gasteiger partial charge >= 0.3 is 6.03 Å². The lowest BCUT2D eigenvalue weighted by atomic mass is 10.1. The molecule has 1 aliphatic heterocycles. The average Bonchev–Trinajstić information content (AvgIpc) is 2.74. The normalized spacial score (nSPS) is 16.4. The third-order valence-electron chi connectivity index (χ3n) is 4.58. The number of urea groups is 1. The van der Waals surface area contributed by atoms with Crippen LogP contribution >= 0.6 is 11.8 Å². The molecule has 0 radical (unpaired) electrons. The van der Waals surface area contributed by atoms with Crippen LogP contribution < -0.4 is 21.3 Å². The number of hydrogen-bond donors (Lipinski definition) is 3. The topological polar surface area (TPSA) is 96.7 Å². The van der Waals surface area contributed by atoms with Gasteiger partial charge in [-0.25, -0.2) is 10.6 Å². The number of nitrogens with one attached hydrogen (secondary N) is 2. The molecule has 28 heavy (non-hydrogen) atoms. The fraction of sp³-hybridized carbons (Fsp3) is 0.300. The Hall–Kier alpha value is -2.71. The van der Waals surface area contributed by atoms with Crippen LogP contribution in [0.3, 0.4) is 0 Å². The van der Waals surface area contributed by atoms with Crippen molar-refractivity contribution in [1.29, 1.82) is 0 Å². The summed E-state index contributed by atoms with van der Waals surface area (Å²) >= 11 is 1.87. The zero-order chi connectivity index (χ0) is 19.9. The number of nitrogens with two attached hydrogens (primary N) is 1. The number of carbonyl (C=O) groups is 2. The van der Waals surface area contributed by atoms with Crippen LogP contribution in [0.25, 0.3) is 0 Å². The SMILES string of the molecule is COc1ccc(NC(=O)N2CCSC(Cc3ccc(C(=O)NN)cc3)C2)cc1. The van der Waals surface area contributed by atoms with Gasteiger partial charge in [-0.05, 0) is 48.4 Å². The average molecular weight is 401 g/mol. The van der Waals surface area contributed by atoms with E-state index in [-0.39, 0.29) is 11.9 Å². The molecule has 3 rings (SSSR count). The van der Waals surface area contributed by atoms with E-state index in [0.29, 0.717) is 17.4 Å². The number of anilines is 1. The van der Waals surface area contributed by atoms with Crippen molar-refractivity contribution in [2.24, 2.45) is 5.84 Å². The van der Waals surface area contributed by atoms with Crippen molar-refractivity contribution in [1.82, 2.24) is 10.3 Å². The smallest absolute Gasteiger partial charge is 0.321 e. The minimum atomic E-state index is -0.306. The molecule has 1 saturated heterocycles. The standard InChI is InChI=1S/C20H24N4O3S/c1-27-17-8-6-16(7-9-17)22-20(26)24-10-11-28-18(13-24)12-14-2-4-15(5-3-14)19(25)23-21/h2-9,18H,10-13,21H2,1H3,(H,22,26)(H,23,25). The minimum absolute atomic E-state index is 0.0922. The lowest BCUT2D eigenvalue weighted by Crippen LogP contribution is -2.44. The summed E-state index contributed by atoms with van der Waals surface area (Å²) in [5.74, 6) is 6.50. The monoisotopic (exact) mass is 400 g/mol. The molecule has 3 amide bonds. The number of nitrogen functional groups attached to an aromatic ring is 1. The van der Waals surface area contributed by atoms with E-state index in [1.54, 1.807) is 19.2 Å². The molecule has 0 aliphatic carbocycles. The molecule has 0 aromatic heterocycles. The van der Waals surface area contributed by atoms with Gasteiger partial charge in [0.05, 0.1) is 7.11 Å². The van der Waals surface area contributed by atoms with E-state index in [9.17, 15) is 9.59 Å². The van der Waals surface area contributed by atoms with Crippen LogP contribution in [0, 0.1) is 0 Å². The molecule has 0 saturated carbocycles. The van der Waals surface area contributed by atoms with Gasteiger partial charge in [0.2, 0.25) is 0 Å². The number of nitrogens with zero attached hydrogens (tertiary/aromatic N) is 1. The zero-order valence-corrected chi connectivity index (χ0v) is 16.5. The van der Waals surface area contributed by atoms with E-state index in [0.717, 1.165) is 35.7 Å². The van der Waals surface area contributed by atoms with Crippen molar-refractivity contribution in [2.75, 3.05) is 31.3 Å². The molecule has 4 N–H and O–H groups in total. The number of methoxy groups -OCH3 is 1. The van der Waals surface area contributed by atoms with Gasteiger partial charge in [-0.3, -0.25) is 10.2 Å². The molecule has 0 bridgehead atoms. The molecule has 1 aliphatic rings. The predicted molar refractivity (Wildman–Crippen MR) is 112 cm³/mol. The summed E-state index contributed by atoms with van der Waals surface area (Å²) in [5.41, 5.74) is 4.53. The lowest BCUT2D eigenvalue weighted by molar-refractivity contribution is 0.0953. The summed E-state index contributed by atoms with van der Waals surface area (Å²) in [7, 11) is 1.61. The van der Waals surface area contributed by atoms with E-state index >= 15 is 0 Å². The summed E-state index contributed by atoms with van der Waals surface area (Å²) in [5, 5.41) is 3.25. The highest BCUT2D eigenvalue weighted by molar-refractivity contribution is 8.00. The molecule has 1 fully saturated rings. The molecule has 2 aromatic carbocycles. The highest BCUT2D eigenvalue weighted by Gasteiger charge is 2.24. The number of ether oxygens (including phenoxy) is 1. The number of thioether (sulfide) groups is 1. The molecule has 1 unspecified atom stereocenters. The first-order valence-corrected chi connectivity index (χ1v) is 10.1. The zero-order valence-electron chi connectivity index (χ0n) is 15.7. The molecule has 0 spiro atoms. The van der Waals surface area contributed by atoms with Crippen molar-refractivity contribution in [3.05, 3.63) is 59.7 Å². The van der Waals surface area contributed by atoms with E-state index in [1.807, 2.05) is 53.1 Å². The highest BCUT2D eigenvalue weighted by Crippen LogP contribution is 2.24. The van der Waals surface area contributed by atoms with Crippen LogP contribution in [-0.2, 0) is 6.42 Å². The summed E-state index contributed by atoms with van der Waals surface area (Å²) in [6.45, 7) is 1.40. The maximum atomic E-state index is 12.6. The summed E-state index contributed by atoms with van der Waals surface area (Å²) in [6, 6.07) is 14.6. The molecule has 1 atom stereocenters. The first-order chi connectivity index (χ1) is 13.6. The number of carbonyl (C=O) groups excluding carboxylic acids is 2. The van der Waals surface area contributed by atoms with Crippen LogP contribution in [0.5, 0.6) is 5.75 Å². The van der Waals surface area contributed by atoms with Gasteiger partial charge in [-0.15, -0.1) is 0 Å². The van der Waals surface area contributed by atoms with Crippen LogP contribution in [0.4, 0.5) is 10.5 Å². The van der Waals surface area contributed by atoms with Gasteiger partial charge in [-0.2, -0.15) is 11.8 Å². The van der Waals surface area contributed by atoms with Crippen molar-refractivity contribution < 1.29 is 14.3 Å². The second kappa shape index (κ2) is 9.48. The third kappa shape index (κ3) is 5.17. The summed E-state index contributed by atoms with van der Waals surface area (Å²) in [4.78, 5) is 26.0. The highest BCUT2D eigenvalue weighted by atomic mass is 32.2. The lowest BCUT2D eigenvalue weighted by Gasteiger charge is -2.32. The third-order valence-corrected chi connectivity index (χ3v) is 5.78. The summed E-state index contributed by atoms with van der Waals surface area (Å²) < 4.78 is 5.13. The van der Waals surface area contributed by atoms with Gasteiger partial charge in [0.1, 0.15) is 5.75 Å². The Morgan fingerprint density at radius 1 is 1.18 bits per heavy atom. The molecule has 2 aromatic rings. The van der Waals surface area contributed by atoms with E-state index in [2.05, 4.69) is 10.7 Å². The van der Waals surface area contributed by atoms with Gasteiger partial charge < -0.3 is 15.0 Å². The Labute approximate surface area is 168 Å². The molecule has 8 heteroatoms. The predicted octanol–water partition coefficient (Wildman–Crippen LogP) is 2.49. The first-order valence-electron chi connectivity index (χ1n) is 9.00. The quantitative estimate of drug-likeness (QED) is 0.407. The molecule has 1 heterocycles. The Balaban J connectivity index is 1.55. The molecule has 148 valence electrons.